The number of carbonyl (C=O) groups is 1. The number of likely N-dealkylation sites (tertiary alicyclic amines) is 2. The molecule has 2 saturated heterocycles. The average Bonchev–Trinajstić information content (AvgIpc) is 2.89. The van der Waals surface area contributed by atoms with E-state index in [2.05, 4.69) is 25.7 Å². The first-order valence-corrected chi connectivity index (χ1v) is 8.51. The molecule has 1 unspecified atom stereocenters. The molecule has 104 valence electrons. The van der Waals surface area contributed by atoms with Gasteiger partial charge in [-0.2, -0.15) is 0 Å². The average molecular weight is 317 g/mol. The zero-order chi connectivity index (χ0) is 12.8. The second-order valence-corrected chi connectivity index (χ2v) is 6.32. The normalized spacial score (nSPS) is 25.6. The van der Waals surface area contributed by atoms with Gasteiger partial charge in [0.2, 0.25) is 5.91 Å². The van der Waals surface area contributed by atoms with Crippen molar-refractivity contribution in [1.82, 2.24) is 9.80 Å². The summed E-state index contributed by atoms with van der Waals surface area (Å²) >= 11 is 3.41. The zero-order valence-corrected chi connectivity index (χ0v) is 12.8. The van der Waals surface area contributed by atoms with Gasteiger partial charge in [0.05, 0.1) is 0 Å². The molecule has 4 heteroatoms. The number of alkyl halides is 1. The lowest BCUT2D eigenvalue weighted by Gasteiger charge is -2.32. The second kappa shape index (κ2) is 7.49. The lowest BCUT2D eigenvalue weighted by Crippen LogP contribution is -2.41. The number of amides is 1. The Labute approximate surface area is 119 Å². The summed E-state index contributed by atoms with van der Waals surface area (Å²) in [4.78, 5) is 16.7. The van der Waals surface area contributed by atoms with Crippen LogP contribution in [0, 0.1) is 0 Å². The summed E-state index contributed by atoms with van der Waals surface area (Å²) in [6.45, 7) is 4.45. The van der Waals surface area contributed by atoms with Gasteiger partial charge < -0.3 is 4.90 Å². The predicted octanol–water partition coefficient (Wildman–Crippen LogP) is 2.64. The Bertz CT molecular complexity index is 267. The van der Waals surface area contributed by atoms with Crippen LogP contribution < -0.4 is 0 Å². The molecular weight excluding hydrogens is 292 g/mol. The van der Waals surface area contributed by atoms with Crippen molar-refractivity contribution in [3.63, 3.8) is 0 Å². The monoisotopic (exact) mass is 316 g/mol. The van der Waals surface area contributed by atoms with Crippen LogP contribution in [0.3, 0.4) is 0 Å². The minimum absolute atomic E-state index is 0.371. The number of carbonyl (C=O) groups excluding carboxylic acids is 1. The number of hydrogen-bond donors (Lipinski definition) is 0. The number of piperidine rings is 1. The molecular formula is C14H25BrN2O. The Morgan fingerprint density at radius 3 is 2.61 bits per heavy atom. The smallest absolute Gasteiger partial charge is 0.222 e. The van der Waals surface area contributed by atoms with Crippen molar-refractivity contribution in [2.75, 3.05) is 31.5 Å². The Kier molecular flexibility index (Phi) is 5.96. The first kappa shape index (κ1) is 14.3. The van der Waals surface area contributed by atoms with Crippen LogP contribution in [0.4, 0.5) is 0 Å². The predicted molar refractivity (Wildman–Crippen MR) is 78.1 cm³/mol. The number of halogens is 1. The van der Waals surface area contributed by atoms with E-state index >= 15 is 0 Å². The third-order valence-corrected chi connectivity index (χ3v) is 4.76. The molecule has 0 spiro atoms. The first-order chi connectivity index (χ1) is 8.81. The fraction of sp³-hybridized carbons (Fsp3) is 0.929. The molecule has 0 bridgehead atoms. The number of unbranched alkanes of at least 4 members (excludes halogenated alkanes) is 1. The van der Waals surface area contributed by atoms with Gasteiger partial charge in [0.25, 0.3) is 0 Å². The summed E-state index contributed by atoms with van der Waals surface area (Å²) in [6.07, 6.45) is 8.12. The maximum atomic E-state index is 12.0. The molecule has 1 amide bonds. The highest BCUT2D eigenvalue weighted by molar-refractivity contribution is 9.09. The van der Waals surface area contributed by atoms with Crippen molar-refractivity contribution < 1.29 is 4.79 Å². The number of hydrogen-bond acceptors (Lipinski definition) is 2. The van der Waals surface area contributed by atoms with Gasteiger partial charge in [-0.1, -0.05) is 22.4 Å². The molecule has 3 nitrogen and oxygen atoms in total. The highest BCUT2D eigenvalue weighted by atomic mass is 79.9. The molecule has 0 aliphatic carbocycles. The summed E-state index contributed by atoms with van der Waals surface area (Å²) in [5.74, 6) is 0.371. The van der Waals surface area contributed by atoms with E-state index in [0.717, 1.165) is 37.7 Å². The van der Waals surface area contributed by atoms with E-state index in [1.807, 2.05) is 0 Å². The van der Waals surface area contributed by atoms with Crippen molar-refractivity contribution in [3.05, 3.63) is 0 Å². The molecule has 1 atom stereocenters. The summed E-state index contributed by atoms with van der Waals surface area (Å²) in [5.41, 5.74) is 0. The quantitative estimate of drug-likeness (QED) is 0.575. The zero-order valence-electron chi connectivity index (χ0n) is 11.2. The van der Waals surface area contributed by atoms with Gasteiger partial charge in [0, 0.05) is 30.9 Å². The lowest BCUT2D eigenvalue weighted by atomic mass is 10.1. The van der Waals surface area contributed by atoms with Gasteiger partial charge in [-0.05, 0) is 45.2 Å². The van der Waals surface area contributed by atoms with E-state index in [1.165, 1.54) is 38.8 Å². The topological polar surface area (TPSA) is 23.6 Å². The van der Waals surface area contributed by atoms with Crippen molar-refractivity contribution in [1.29, 1.82) is 0 Å². The van der Waals surface area contributed by atoms with Crippen molar-refractivity contribution in [2.45, 2.75) is 51.0 Å². The molecule has 2 heterocycles. The SMILES string of the molecule is O=C(CCCCBr)N1CCC(N2CCCCC2)C1. The maximum Gasteiger partial charge on any atom is 0.222 e. The molecule has 2 aliphatic rings. The molecule has 0 saturated carbocycles. The molecule has 0 N–H and O–H groups in total. The van der Waals surface area contributed by atoms with E-state index in [0.29, 0.717) is 11.9 Å². The maximum absolute atomic E-state index is 12.0. The Balaban J connectivity index is 1.71. The van der Waals surface area contributed by atoms with Crippen LogP contribution in [0.15, 0.2) is 0 Å². The van der Waals surface area contributed by atoms with Crippen LogP contribution in [-0.4, -0.2) is 53.3 Å². The standard InChI is InChI=1S/C14H25BrN2O/c15-8-3-2-6-14(18)17-11-7-13(12-17)16-9-4-1-5-10-16/h13H,1-12H2. The van der Waals surface area contributed by atoms with Crippen molar-refractivity contribution >= 4 is 21.8 Å². The fourth-order valence-electron chi connectivity index (χ4n) is 3.08. The van der Waals surface area contributed by atoms with E-state index in [1.54, 1.807) is 0 Å². The van der Waals surface area contributed by atoms with Gasteiger partial charge in [-0.3, -0.25) is 9.69 Å². The molecule has 0 aromatic carbocycles. The minimum atomic E-state index is 0.371. The van der Waals surface area contributed by atoms with E-state index in [9.17, 15) is 4.79 Å². The minimum Gasteiger partial charge on any atom is -0.341 e. The largest absolute Gasteiger partial charge is 0.341 e. The van der Waals surface area contributed by atoms with Crippen LogP contribution in [-0.2, 0) is 4.79 Å². The first-order valence-electron chi connectivity index (χ1n) is 7.39. The van der Waals surface area contributed by atoms with Gasteiger partial charge >= 0.3 is 0 Å². The van der Waals surface area contributed by atoms with E-state index < -0.39 is 0 Å². The van der Waals surface area contributed by atoms with Crippen LogP contribution >= 0.6 is 15.9 Å². The van der Waals surface area contributed by atoms with Crippen LogP contribution in [0.25, 0.3) is 0 Å². The highest BCUT2D eigenvalue weighted by Crippen LogP contribution is 2.21. The summed E-state index contributed by atoms with van der Waals surface area (Å²) in [7, 11) is 0. The lowest BCUT2D eigenvalue weighted by molar-refractivity contribution is -0.130. The highest BCUT2D eigenvalue weighted by Gasteiger charge is 2.30. The molecule has 2 rings (SSSR count). The number of nitrogens with zero attached hydrogens (tertiary/aromatic N) is 2. The Morgan fingerprint density at radius 2 is 1.89 bits per heavy atom. The third-order valence-electron chi connectivity index (χ3n) is 4.20. The van der Waals surface area contributed by atoms with Crippen molar-refractivity contribution in [2.24, 2.45) is 0 Å². The van der Waals surface area contributed by atoms with Crippen molar-refractivity contribution in [3.8, 4) is 0 Å². The van der Waals surface area contributed by atoms with E-state index in [-0.39, 0.29) is 0 Å². The fourth-order valence-corrected chi connectivity index (χ4v) is 3.48. The molecule has 0 aromatic rings. The summed E-state index contributed by atoms with van der Waals surface area (Å²) < 4.78 is 0. The third kappa shape index (κ3) is 3.95. The number of rotatable bonds is 5. The van der Waals surface area contributed by atoms with Gasteiger partial charge in [0.15, 0.2) is 0 Å². The Morgan fingerprint density at radius 1 is 1.11 bits per heavy atom. The molecule has 2 fully saturated rings. The molecule has 2 aliphatic heterocycles. The van der Waals surface area contributed by atoms with Gasteiger partial charge in [-0.25, -0.2) is 0 Å². The molecule has 0 aromatic heterocycles. The van der Waals surface area contributed by atoms with Gasteiger partial charge in [-0.15, -0.1) is 0 Å². The Hall–Kier alpha value is -0.0900. The summed E-state index contributed by atoms with van der Waals surface area (Å²) in [5, 5.41) is 1.01. The van der Waals surface area contributed by atoms with Crippen LogP contribution in [0.2, 0.25) is 0 Å². The second-order valence-electron chi connectivity index (χ2n) is 5.52. The molecule has 18 heavy (non-hydrogen) atoms. The van der Waals surface area contributed by atoms with Crippen LogP contribution in [0.1, 0.15) is 44.9 Å². The van der Waals surface area contributed by atoms with E-state index in [4.69, 9.17) is 0 Å². The van der Waals surface area contributed by atoms with Gasteiger partial charge in [0.1, 0.15) is 0 Å². The summed E-state index contributed by atoms with van der Waals surface area (Å²) in [6, 6.07) is 0.644. The van der Waals surface area contributed by atoms with Crippen LogP contribution in [0.5, 0.6) is 0 Å². The molecule has 0 radical (unpaired) electrons.